The highest BCUT2D eigenvalue weighted by molar-refractivity contribution is 5.80. The van der Waals surface area contributed by atoms with E-state index in [-0.39, 0.29) is 12.5 Å². The van der Waals surface area contributed by atoms with Crippen LogP contribution < -0.4 is 5.32 Å². The van der Waals surface area contributed by atoms with Gasteiger partial charge in [0.05, 0.1) is 6.54 Å². The molecule has 1 aliphatic rings. The van der Waals surface area contributed by atoms with E-state index >= 15 is 0 Å². The maximum Gasteiger partial charge on any atom is 0.320 e. The van der Waals surface area contributed by atoms with Gasteiger partial charge in [-0.3, -0.25) is 14.9 Å². The number of carbonyl (C=O) groups excluding carboxylic acids is 1. The Balaban J connectivity index is 2.35. The zero-order valence-electron chi connectivity index (χ0n) is 10.6. The van der Waals surface area contributed by atoms with Crippen LogP contribution in [0.3, 0.4) is 0 Å². The van der Waals surface area contributed by atoms with Crippen LogP contribution in [0.25, 0.3) is 0 Å². The van der Waals surface area contributed by atoms with Crippen molar-refractivity contribution in [3.05, 3.63) is 0 Å². The summed E-state index contributed by atoms with van der Waals surface area (Å²) >= 11 is 0. The Labute approximate surface area is 102 Å². The van der Waals surface area contributed by atoms with E-state index in [4.69, 9.17) is 5.11 Å². The maximum absolute atomic E-state index is 11.7. The molecule has 98 valence electrons. The summed E-state index contributed by atoms with van der Waals surface area (Å²) in [5, 5.41) is 11.8. The second kappa shape index (κ2) is 6.59. The smallest absolute Gasteiger partial charge is 0.320 e. The first kappa shape index (κ1) is 14.0. The van der Waals surface area contributed by atoms with Gasteiger partial charge < -0.3 is 10.0 Å². The number of carboxylic acids is 1. The summed E-state index contributed by atoms with van der Waals surface area (Å²) < 4.78 is 0. The molecule has 0 aromatic heterocycles. The van der Waals surface area contributed by atoms with E-state index < -0.39 is 12.0 Å². The molecule has 1 heterocycles. The van der Waals surface area contributed by atoms with Crippen LogP contribution in [-0.4, -0.2) is 47.6 Å². The summed E-state index contributed by atoms with van der Waals surface area (Å²) in [5.41, 5.74) is 0. The lowest BCUT2D eigenvalue weighted by Gasteiger charge is -2.19. The number of aliphatic carboxylic acids is 1. The fourth-order valence-electron chi connectivity index (χ4n) is 2.03. The molecule has 0 aromatic carbocycles. The van der Waals surface area contributed by atoms with E-state index in [1.54, 1.807) is 4.90 Å². The summed E-state index contributed by atoms with van der Waals surface area (Å²) in [6.45, 7) is 5.69. The maximum atomic E-state index is 11.7. The van der Waals surface area contributed by atoms with E-state index in [9.17, 15) is 9.59 Å². The Morgan fingerprint density at radius 1 is 1.29 bits per heavy atom. The highest BCUT2D eigenvalue weighted by Crippen LogP contribution is 2.08. The Hall–Kier alpha value is -1.10. The Morgan fingerprint density at radius 3 is 2.35 bits per heavy atom. The van der Waals surface area contributed by atoms with Crippen molar-refractivity contribution in [2.75, 3.05) is 19.6 Å². The molecule has 1 amide bonds. The predicted octanol–water partition coefficient (Wildman–Crippen LogP) is 0.698. The first-order valence-corrected chi connectivity index (χ1v) is 6.24. The number of nitrogens with zero attached hydrogens (tertiary/aromatic N) is 1. The summed E-state index contributed by atoms with van der Waals surface area (Å²) in [6, 6.07) is -0.624. The number of amides is 1. The molecule has 0 radical (unpaired) electrons. The third-order valence-corrected chi connectivity index (χ3v) is 2.96. The van der Waals surface area contributed by atoms with E-state index in [0.29, 0.717) is 12.3 Å². The van der Waals surface area contributed by atoms with Gasteiger partial charge in [0, 0.05) is 13.1 Å². The van der Waals surface area contributed by atoms with Crippen molar-refractivity contribution < 1.29 is 14.7 Å². The molecule has 5 nitrogen and oxygen atoms in total. The second-order valence-corrected chi connectivity index (χ2v) is 4.99. The van der Waals surface area contributed by atoms with Crippen LogP contribution in [-0.2, 0) is 9.59 Å². The molecule has 1 fully saturated rings. The number of hydrogen-bond donors (Lipinski definition) is 2. The average molecular weight is 242 g/mol. The van der Waals surface area contributed by atoms with Crippen LogP contribution in [0.5, 0.6) is 0 Å². The van der Waals surface area contributed by atoms with Gasteiger partial charge in [-0.05, 0) is 25.2 Å². The average Bonchev–Trinajstić information content (AvgIpc) is 2.76. The van der Waals surface area contributed by atoms with Gasteiger partial charge in [0.2, 0.25) is 5.91 Å². The van der Waals surface area contributed by atoms with Crippen molar-refractivity contribution in [1.29, 1.82) is 0 Å². The third kappa shape index (κ3) is 4.73. The molecule has 0 bridgehead atoms. The van der Waals surface area contributed by atoms with Crippen LogP contribution in [0.1, 0.15) is 33.1 Å². The van der Waals surface area contributed by atoms with Crippen LogP contribution in [0.15, 0.2) is 0 Å². The minimum atomic E-state index is -0.882. The topological polar surface area (TPSA) is 69.6 Å². The summed E-state index contributed by atoms with van der Waals surface area (Å²) in [5.74, 6) is -0.573. The van der Waals surface area contributed by atoms with Crippen molar-refractivity contribution in [3.8, 4) is 0 Å². The Morgan fingerprint density at radius 2 is 1.88 bits per heavy atom. The molecule has 0 saturated carbocycles. The number of hydrogen-bond acceptors (Lipinski definition) is 3. The van der Waals surface area contributed by atoms with Crippen molar-refractivity contribution in [2.45, 2.75) is 39.2 Å². The molecule has 1 saturated heterocycles. The third-order valence-electron chi connectivity index (χ3n) is 2.96. The molecule has 5 heteroatoms. The van der Waals surface area contributed by atoms with E-state index in [1.165, 1.54) is 0 Å². The number of nitrogens with one attached hydrogen (secondary N) is 1. The lowest BCUT2D eigenvalue weighted by molar-refractivity contribution is -0.140. The number of rotatable bonds is 6. The molecule has 1 rings (SSSR count). The van der Waals surface area contributed by atoms with Gasteiger partial charge in [0.15, 0.2) is 0 Å². The summed E-state index contributed by atoms with van der Waals surface area (Å²) in [6.07, 6.45) is 2.66. The molecule has 1 atom stereocenters. The monoisotopic (exact) mass is 242 g/mol. The highest BCUT2D eigenvalue weighted by atomic mass is 16.4. The quantitative estimate of drug-likeness (QED) is 0.719. The van der Waals surface area contributed by atoms with Gasteiger partial charge in [-0.2, -0.15) is 0 Å². The fraction of sp³-hybridized carbons (Fsp3) is 0.833. The van der Waals surface area contributed by atoms with E-state index in [0.717, 1.165) is 25.9 Å². The molecule has 1 aliphatic heterocycles. The largest absolute Gasteiger partial charge is 0.480 e. The SMILES string of the molecule is CC(C)CC(NCC(=O)N1CCCC1)C(=O)O. The lowest BCUT2D eigenvalue weighted by Crippen LogP contribution is -2.44. The van der Waals surface area contributed by atoms with Crippen LogP contribution in [0, 0.1) is 5.92 Å². The number of carbonyl (C=O) groups is 2. The van der Waals surface area contributed by atoms with Crippen LogP contribution >= 0.6 is 0 Å². The van der Waals surface area contributed by atoms with Gasteiger partial charge in [0.1, 0.15) is 6.04 Å². The zero-order valence-corrected chi connectivity index (χ0v) is 10.6. The minimum absolute atomic E-state index is 0.0116. The van der Waals surface area contributed by atoms with Crippen molar-refractivity contribution in [3.63, 3.8) is 0 Å². The van der Waals surface area contributed by atoms with Crippen molar-refractivity contribution in [1.82, 2.24) is 10.2 Å². The Kier molecular flexibility index (Phi) is 5.41. The molecule has 0 aliphatic carbocycles. The fourth-order valence-corrected chi connectivity index (χ4v) is 2.03. The van der Waals surface area contributed by atoms with Gasteiger partial charge in [0.25, 0.3) is 0 Å². The lowest BCUT2D eigenvalue weighted by atomic mass is 10.0. The first-order chi connectivity index (χ1) is 8.00. The van der Waals surface area contributed by atoms with Crippen LogP contribution in [0.2, 0.25) is 0 Å². The molecule has 0 aromatic rings. The summed E-state index contributed by atoms with van der Waals surface area (Å²) in [7, 11) is 0. The van der Waals surface area contributed by atoms with Gasteiger partial charge in [-0.15, -0.1) is 0 Å². The van der Waals surface area contributed by atoms with E-state index in [1.807, 2.05) is 13.8 Å². The van der Waals surface area contributed by atoms with Gasteiger partial charge in [-0.1, -0.05) is 13.8 Å². The van der Waals surface area contributed by atoms with Gasteiger partial charge in [-0.25, -0.2) is 0 Å². The van der Waals surface area contributed by atoms with Crippen molar-refractivity contribution in [2.24, 2.45) is 5.92 Å². The molecule has 17 heavy (non-hydrogen) atoms. The Bertz CT molecular complexity index is 273. The van der Waals surface area contributed by atoms with E-state index in [2.05, 4.69) is 5.32 Å². The number of carboxylic acid groups (broad SMARTS) is 1. The zero-order chi connectivity index (χ0) is 12.8. The summed E-state index contributed by atoms with van der Waals surface area (Å²) in [4.78, 5) is 24.5. The molecular formula is C12H22N2O3. The molecular weight excluding hydrogens is 220 g/mol. The normalized spacial score (nSPS) is 17.5. The van der Waals surface area contributed by atoms with Gasteiger partial charge >= 0.3 is 5.97 Å². The predicted molar refractivity (Wildman–Crippen MR) is 64.7 cm³/mol. The van der Waals surface area contributed by atoms with Crippen LogP contribution in [0.4, 0.5) is 0 Å². The second-order valence-electron chi connectivity index (χ2n) is 4.99. The number of likely N-dealkylation sites (tertiary alicyclic amines) is 1. The standard InChI is InChI=1S/C12H22N2O3/c1-9(2)7-10(12(16)17)13-8-11(15)14-5-3-4-6-14/h9-10,13H,3-8H2,1-2H3,(H,16,17). The first-order valence-electron chi connectivity index (χ1n) is 6.24. The highest BCUT2D eigenvalue weighted by Gasteiger charge is 2.22. The minimum Gasteiger partial charge on any atom is -0.480 e. The molecule has 1 unspecified atom stereocenters. The molecule has 2 N–H and O–H groups in total. The molecule has 0 spiro atoms. The van der Waals surface area contributed by atoms with Crippen molar-refractivity contribution >= 4 is 11.9 Å².